The molecule has 0 bridgehead atoms. The van der Waals surface area contributed by atoms with Gasteiger partial charge >= 0.3 is 6.61 Å². The van der Waals surface area contributed by atoms with Crippen LogP contribution in [0.5, 0.6) is 5.75 Å². The number of hydrogen-bond acceptors (Lipinski definition) is 4. The fraction of sp³-hybridized carbons (Fsp3) is 0.0833. The molecule has 1 heterocycles. The molecule has 2 aromatic rings. The number of carbonyl (C=O) groups excluding carboxylic acids is 1. The number of alkyl halides is 2. The van der Waals surface area contributed by atoms with Crippen LogP contribution in [0.4, 0.5) is 8.78 Å². The first-order chi connectivity index (χ1) is 9.08. The van der Waals surface area contributed by atoms with Crippen LogP contribution >= 0.6 is 11.6 Å². The van der Waals surface area contributed by atoms with Crippen LogP contribution in [0.1, 0.15) is 15.9 Å². The van der Waals surface area contributed by atoms with Crippen molar-refractivity contribution in [2.24, 2.45) is 0 Å². The van der Waals surface area contributed by atoms with E-state index >= 15 is 0 Å². The summed E-state index contributed by atoms with van der Waals surface area (Å²) in [5.74, 6) is -0.802. The van der Waals surface area contributed by atoms with Gasteiger partial charge < -0.3 is 4.74 Å². The first-order valence-corrected chi connectivity index (χ1v) is 5.50. The lowest BCUT2D eigenvalue weighted by atomic mass is 10.1. The molecule has 0 saturated heterocycles. The number of rotatable bonds is 4. The van der Waals surface area contributed by atoms with Gasteiger partial charge in [0.25, 0.3) is 0 Å². The molecule has 0 N–H and O–H groups in total. The van der Waals surface area contributed by atoms with Gasteiger partial charge in [-0.3, -0.25) is 4.79 Å². The number of halogens is 3. The molecule has 0 aliphatic rings. The summed E-state index contributed by atoms with van der Waals surface area (Å²) in [4.78, 5) is 19.5. The average Bonchev–Trinajstić information content (AvgIpc) is 2.38. The van der Waals surface area contributed by atoms with Crippen LogP contribution < -0.4 is 4.74 Å². The van der Waals surface area contributed by atoms with Gasteiger partial charge in [0.15, 0.2) is 5.78 Å². The van der Waals surface area contributed by atoms with Gasteiger partial charge in [0.2, 0.25) is 0 Å². The number of aromatic nitrogens is 2. The minimum atomic E-state index is -3.04. The summed E-state index contributed by atoms with van der Waals surface area (Å²) in [7, 11) is 0. The smallest absolute Gasteiger partial charge is 0.387 e. The Morgan fingerprint density at radius 3 is 2.58 bits per heavy atom. The first kappa shape index (κ1) is 13.4. The molecule has 0 aliphatic heterocycles. The number of nitrogens with zero attached hydrogens (tertiary/aromatic N) is 2. The second kappa shape index (κ2) is 5.71. The molecule has 1 aromatic heterocycles. The summed E-state index contributed by atoms with van der Waals surface area (Å²) in [6, 6.07) is 3.89. The molecule has 0 unspecified atom stereocenters. The number of ether oxygens (including phenoxy) is 1. The number of hydrogen-bond donors (Lipinski definition) is 0. The zero-order valence-corrected chi connectivity index (χ0v) is 10.1. The van der Waals surface area contributed by atoms with Crippen LogP contribution in [0.3, 0.4) is 0 Å². The quantitative estimate of drug-likeness (QED) is 0.810. The van der Waals surface area contributed by atoms with E-state index in [9.17, 15) is 13.6 Å². The van der Waals surface area contributed by atoms with E-state index in [-0.39, 0.29) is 21.9 Å². The molecular weight excluding hydrogens is 278 g/mol. The zero-order chi connectivity index (χ0) is 13.8. The van der Waals surface area contributed by atoms with Gasteiger partial charge in [-0.2, -0.15) is 8.78 Å². The van der Waals surface area contributed by atoms with E-state index in [2.05, 4.69) is 14.7 Å². The minimum absolute atomic E-state index is 0.0282. The summed E-state index contributed by atoms with van der Waals surface area (Å²) >= 11 is 5.69. The van der Waals surface area contributed by atoms with E-state index in [0.29, 0.717) is 0 Å². The summed E-state index contributed by atoms with van der Waals surface area (Å²) in [6.07, 6.45) is 3.83. The van der Waals surface area contributed by atoms with Crippen molar-refractivity contribution in [1.82, 2.24) is 9.97 Å². The molecule has 0 spiro atoms. The van der Waals surface area contributed by atoms with Crippen molar-refractivity contribution in [1.29, 1.82) is 0 Å². The van der Waals surface area contributed by atoms with Crippen molar-refractivity contribution >= 4 is 17.4 Å². The second-order valence-corrected chi connectivity index (χ2v) is 3.91. The first-order valence-electron chi connectivity index (χ1n) is 5.12. The Hall–Kier alpha value is -2.08. The van der Waals surface area contributed by atoms with Crippen LogP contribution in [0, 0.1) is 0 Å². The van der Waals surface area contributed by atoms with Gasteiger partial charge in [0, 0.05) is 17.4 Å². The highest BCUT2D eigenvalue weighted by molar-refractivity contribution is 6.31. The fourth-order valence-corrected chi connectivity index (χ4v) is 1.61. The normalized spacial score (nSPS) is 10.5. The van der Waals surface area contributed by atoms with E-state index in [1.54, 1.807) is 0 Å². The van der Waals surface area contributed by atoms with Crippen LogP contribution in [-0.4, -0.2) is 22.4 Å². The molecule has 19 heavy (non-hydrogen) atoms. The molecule has 0 amide bonds. The van der Waals surface area contributed by atoms with Crippen LogP contribution in [0.15, 0.2) is 36.9 Å². The maximum absolute atomic E-state index is 12.3. The van der Waals surface area contributed by atoms with Crippen LogP contribution in [-0.2, 0) is 0 Å². The van der Waals surface area contributed by atoms with Crippen molar-refractivity contribution in [3.8, 4) is 5.75 Å². The van der Waals surface area contributed by atoms with Gasteiger partial charge in [-0.1, -0.05) is 11.6 Å². The highest BCUT2D eigenvalue weighted by Crippen LogP contribution is 2.26. The highest BCUT2D eigenvalue weighted by Gasteiger charge is 2.18. The van der Waals surface area contributed by atoms with Crippen LogP contribution in [0.25, 0.3) is 0 Å². The minimum Gasteiger partial charge on any atom is -0.434 e. The Bertz CT molecular complexity index is 594. The molecule has 7 heteroatoms. The van der Waals surface area contributed by atoms with Gasteiger partial charge in [0.1, 0.15) is 12.1 Å². The van der Waals surface area contributed by atoms with Crippen molar-refractivity contribution < 1.29 is 18.3 Å². The third-order valence-corrected chi connectivity index (χ3v) is 2.46. The van der Waals surface area contributed by atoms with Crippen LogP contribution in [0.2, 0.25) is 5.02 Å². The number of ketones is 1. The predicted octanol–water partition coefficient (Wildman–Crippen LogP) is 2.96. The fourth-order valence-electron chi connectivity index (χ4n) is 1.45. The number of benzene rings is 1. The van der Waals surface area contributed by atoms with E-state index < -0.39 is 12.4 Å². The van der Waals surface area contributed by atoms with Crippen molar-refractivity contribution in [3.05, 3.63) is 53.1 Å². The van der Waals surface area contributed by atoms with E-state index in [1.165, 1.54) is 30.9 Å². The molecule has 0 fully saturated rings. The number of carbonyl (C=O) groups is 1. The SMILES string of the molecule is O=C(c1cncnc1)c1ccc(Cl)cc1OC(F)F. The van der Waals surface area contributed by atoms with Gasteiger partial charge in [0.05, 0.1) is 11.1 Å². The van der Waals surface area contributed by atoms with Crippen molar-refractivity contribution in [2.45, 2.75) is 6.61 Å². The van der Waals surface area contributed by atoms with Gasteiger partial charge in [-0.15, -0.1) is 0 Å². The molecule has 0 saturated carbocycles. The van der Waals surface area contributed by atoms with Gasteiger partial charge in [-0.25, -0.2) is 9.97 Å². The Morgan fingerprint density at radius 2 is 1.95 bits per heavy atom. The standard InChI is InChI=1S/C12H7ClF2N2O2/c13-8-1-2-9(10(3-8)19-12(14)15)11(18)7-4-16-6-17-5-7/h1-6,12H. The summed E-state index contributed by atoms with van der Waals surface area (Å²) in [5, 5.41) is 0.191. The molecule has 1 aromatic carbocycles. The molecule has 98 valence electrons. The van der Waals surface area contributed by atoms with Crippen molar-refractivity contribution in [2.75, 3.05) is 0 Å². The lowest BCUT2D eigenvalue weighted by Gasteiger charge is -2.10. The summed E-state index contributed by atoms with van der Waals surface area (Å²) in [6.45, 7) is -3.04. The topological polar surface area (TPSA) is 52.1 Å². The van der Waals surface area contributed by atoms with E-state index in [4.69, 9.17) is 11.6 Å². The maximum Gasteiger partial charge on any atom is 0.387 e. The molecule has 4 nitrogen and oxygen atoms in total. The highest BCUT2D eigenvalue weighted by atomic mass is 35.5. The average molecular weight is 285 g/mol. The monoisotopic (exact) mass is 284 g/mol. The summed E-state index contributed by atoms with van der Waals surface area (Å²) in [5.41, 5.74) is 0.142. The second-order valence-electron chi connectivity index (χ2n) is 3.48. The molecule has 0 atom stereocenters. The Balaban J connectivity index is 2.41. The lowest BCUT2D eigenvalue weighted by Crippen LogP contribution is -2.09. The third kappa shape index (κ3) is 3.23. The predicted molar refractivity (Wildman–Crippen MR) is 63.5 cm³/mol. The third-order valence-electron chi connectivity index (χ3n) is 2.23. The van der Waals surface area contributed by atoms with Crippen molar-refractivity contribution in [3.63, 3.8) is 0 Å². The lowest BCUT2D eigenvalue weighted by molar-refractivity contribution is -0.0501. The Morgan fingerprint density at radius 1 is 1.26 bits per heavy atom. The largest absolute Gasteiger partial charge is 0.434 e. The van der Waals surface area contributed by atoms with E-state index in [1.807, 2.05) is 0 Å². The molecule has 0 aliphatic carbocycles. The van der Waals surface area contributed by atoms with E-state index in [0.717, 1.165) is 6.07 Å². The maximum atomic E-state index is 12.3. The summed E-state index contributed by atoms with van der Waals surface area (Å²) < 4.78 is 28.9. The molecule has 2 rings (SSSR count). The Kier molecular flexibility index (Phi) is 4.01. The van der Waals surface area contributed by atoms with Gasteiger partial charge in [-0.05, 0) is 18.2 Å². The molecule has 0 radical (unpaired) electrons. The Labute approximate surface area is 112 Å². The zero-order valence-electron chi connectivity index (χ0n) is 9.39. The molecular formula is C12H7ClF2N2O2.